The molecule has 1 aromatic rings. The van der Waals surface area contributed by atoms with Crippen LogP contribution in [0.15, 0.2) is 18.2 Å². The van der Waals surface area contributed by atoms with Crippen molar-refractivity contribution in [3.63, 3.8) is 0 Å². The smallest absolute Gasteiger partial charge is 0.182 e. The summed E-state index contributed by atoms with van der Waals surface area (Å²) < 4.78 is 0. The van der Waals surface area contributed by atoms with E-state index in [-0.39, 0.29) is 5.78 Å². The van der Waals surface area contributed by atoms with E-state index < -0.39 is 5.54 Å². The molecule has 2 N–H and O–H groups in total. The summed E-state index contributed by atoms with van der Waals surface area (Å²) in [7, 11) is 0. The Morgan fingerprint density at radius 3 is 2.72 bits per heavy atom. The van der Waals surface area contributed by atoms with Crippen molar-refractivity contribution in [1.29, 1.82) is 0 Å². The molecule has 1 fully saturated rings. The third-order valence-corrected chi connectivity index (χ3v) is 4.11. The van der Waals surface area contributed by atoms with Gasteiger partial charge in [-0.3, -0.25) is 4.79 Å². The van der Waals surface area contributed by atoms with Gasteiger partial charge in [-0.1, -0.05) is 43.5 Å². The van der Waals surface area contributed by atoms with Gasteiger partial charge in [-0.05, 0) is 38.2 Å². The number of aryl methyl sites for hydroxylation is 2. The number of hydrogen-bond acceptors (Lipinski definition) is 2. The summed E-state index contributed by atoms with van der Waals surface area (Å²) >= 11 is 0. The van der Waals surface area contributed by atoms with E-state index in [0.717, 1.165) is 30.4 Å². The Morgan fingerprint density at radius 2 is 2.11 bits per heavy atom. The molecule has 18 heavy (non-hydrogen) atoms. The van der Waals surface area contributed by atoms with Gasteiger partial charge in [0.25, 0.3) is 0 Å². The lowest BCUT2D eigenvalue weighted by molar-refractivity contribution is 0.0819. The topological polar surface area (TPSA) is 43.1 Å². The highest BCUT2D eigenvalue weighted by molar-refractivity contribution is 6.04. The second kappa shape index (κ2) is 4.85. The van der Waals surface area contributed by atoms with Gasteiger partial charge in [0.2, 0.25) is 0 Å². The van der Waals surface area contributed by atoms with Crippen LogP contribution in [-0.2, 0) is 0 Å². The molecule has 0 aromatic heterocycles. The molecule has 2 heteroatoms. The van der Waals surface area contributed by atoms with Gasteiger partial charge in [-0.2, -0.15) is 0 Å². The lowest BCUT2D eigenvalue weighted by Gasteiger charge is -2.35. The second-order valence-electron chi connectivity index (χ2n) is 6.01. The number of ketones is 1. The van der Waals surface area contributed by atoms with Crippen LogP contribution in [0.3, 0.4) is 0 Å². The highest BCUT2D eigenvalue weighted by Crippen LogP contribution is 2.33. The molecule has 1 aliphatic carbocycles. The minimum atomic E-state index is -0.641. The van der Waals surface area contributed by atoms with Crippen molar-refractivity contribution in [2.24, 2.45) is 11.7 Å². The quantitative estimate of drug-likeness (QED) is 0.812. The molecule has 0 bridgehead atoms. The molecule has 1 aromatic carbocycles. The molecule has 1 saturated carbocycles. The Bertz CT molecular complexity index is 466. The van der Waals surface area contributed by atoms with Gasteiger partial charge >= 0.3 is 0 Å². The Hall–Kier alpha value is -1.15. The summed E-state index contributed by atoms with van der Waals surface area (Å²) in [6.45, 7) is 6.23. The number of hydrogen-bond donors (Lipinski definition) is 1. The monoisotopic (exact) mass is 245 g/mol. The van der Waals surface area contributed by atoms with E-state index in [1.807, 2.05) is 26.0 Å². The highest BCUT2D eigenvalue weighted by Gasteiger charge is 2.38. The van der Waals surface area contributed by atoms with Gasteiger partial charge in [0.1, 0.15) is 0 Å². The van der Waals surface area contributed by atoms with Gasteiger partial charge in [0.15, 0.2) is 5.78 Å². The maximum Gasteiger partial charge on any atom is 0.182 e. The molecule has 1 aliphatic rings. The van der Waals surface area contributed by atoms with Crippen LogP contribution < -0.4 is 5.73 Å². The van der Waals surface area contributed by atoms with E-state index in [1.54, 1.807) is 0 Å². The zero-order valence-corrected chi connectivity index (χ0v) is 11.6. The third-order valence-electron chi connectivity index (χ3n) is 4.11. The number of carbonyl (C=O) groups is 1. The fraction of sp³-hybridized carbons (Fsp3) is 0.562. The molecule has 0 radical (unpaired) electrons. The third kappa shape index (κ3) is 2.49. The van der Waals surface area contributed by atoms with Gasteiger partial charge in [-0.15, -0.1) is 0 Å². The van der Waals surface area contributed by atoms with Gasteiger partial charge in [0.05, 0.1) is 5.54 Å². The Morgan fingerprint density at radius 1 is 1.39 bits per heavy atom. The molecule has 0 amide bonds. The largest absolute Gasteiger partial charge is 0.319 e. The molecular weight excluding hydrogens is 222 g/mol. The van der Waals surface area contributed by atoms with Crippen LogP contribution in [-0.4, -0.2) is 11.3 Å². The molecule has 0 saturated heterocycles. The summed E-state index contributed by atoms with van der Waals surface area (Å²) in [6.07, 6.45) is 3.90. The van der Waals surface area contributed by atoms with Crippen LogP contribution in [0.4, 0.5) is 0 Å². The zero-order valence-electron chi connectivity index (χ0n) is 11.6. The van der Waals surface area contributed by atoms with E-state index in [1.165, 1.54) is 12.0 Å². The average molecular weight is 245 g/mol. The standard InChI is InChI=1S/C16H23NO/c1-11-6-7-14(13(3)9-11)15(18)16(17)8-4-5-12(2)10-16/h6-7,9,12H,4-5,8,10,17H2,1-3H3. The number of rotatable bonds is 2. The van der Waals surface area contributed by atoms with Gasteiger partial charge in [-0.25, -0.2) is 0 Å². The van der Waals surface area contributed by atoms with Gasteiger partial charge in [0, 0.05) is 5.56 Å². The fourth-order valence-electron chi connectivity index (χ4n) is 3.13. The Labute approximate surface area is 110 Å². The van der Waals surface area contributed by atoms with Crippen LogP contribution in [0.1, 0.15) is 54.1 Å². The lowest BCUT2D eigenvalue weighted by atomic mass is 9.72. The van der Waals surface area contributed by atoms with Gasteiger partial charge < -0.3 is 5.73 Å². The maximum atomic E-state index is 12.7. The minimum Gasteiger partial charge on any atom is -0.319 e. The minimum absolute atomic E-state index is 0.131. The summed E-state index contributed by atoms with van der Waals surface area (Å²) in [5.74, 6) is 0.685. The first-order chi connectivity index (χ1) is 8.42. The first-order valence-corrected chi connectivity index (χ1v) is 6.83. The first kappa shape index (κ1) is 13.3. The van der Waals surface area contributed by atoms with Crippen LogP contribution in [0.2, 0.25) is 0 Å². The fourth-order valence-corrected chi connectivity index (χ4v) is 3.13. The molecule has 0 heterocycles. The highest BCUT2D eigenvalue weighted by atomic mass is 16.1. The predicted molar refractivity (Wildman–Crippen MR) is 74.8 cm³/mol. The second-order valence-corrected chi connectivity index (χ2v) is 6.01. The van der Waals surface area contributed by atoms with Crippen LogP contribution in [0.5, 0.6) is 0 Å². The summed E-state index contributed by atoms with van der Waals surface area (Å²) in [5, 5.41) is 0. The zero-order chi connectivity index (χ0) is 13.3. The van der Waals surface area contributed by atoms with E-state index in [9.17, 15) is 4.79 Å². The van der Waals surface area contributed by atoms with E-state index in [4.69, 9.17) is 5.73 Å². The lowest BCUT2D eigenvalue weighted by Crippen LogP contribution is -2.51. The van der Waals surface area contributed by atoms with Crippen molar-refractivity contribution in [2.75, 3.05) is 0 Å². The van der Waals surface area contributed by atoms with E-state index >= 15 is 0 Å². The van der Waals surface area contributed by atoms with Crippen molar-refractivity contribution >= 4 is 5.78 Å². The molecule has 2 unspecified atom stereocenters. The molecule has 98 valence electrons. The molecule has 0 aliphatic heterocycles. The number of benzene rings is 1. The SMILES string of the molecule is Cc1ccc(C(=O)C2(N)CCCC(C)C2)c(C)c1. The van der Waals surface area contributed by atoms with E-state index in [0.29, 0.717) is 5.92 Å². The molecular formula is C16H23NO. The summed E-state index contributed by atoms with van der Waals surface area (Å²) in [4.78, 5) is 12.7. The van der Waals surface area contributed by atoms with E-state index in [2.05, 4.69) is 13.0 Å². The van der Waals surface area contributed by atoms with Crippen LogP contribution >= 0.6 is 0 Å². The summed E-state index contributed by atoms with van der Waals surface area (Å²) in [6, 6.07) is 5.99. The Kier molecular flexibility index (Phi) is 3.58. The van der Waals surface area contributed by atoms with Crippen molar-refractivity contribution in [3.05, 3.63) is 34.9 Å². The molecule has 0 spiro atoms. The molecule has 2 atom stereocenters. The van der Waals surface area contributed by atoms with Crippen molar-refractivity contribution < 1.29 is 4.79 Å². The van der Waals surface area contributed by atoms with Crippen molar-refractivity contribution in [3.8, 4) is 0 Å². The summed E-state index contributed by atoms with van der Waals surface area (Å²) in [5.41, 5.74) is 8.78. The van der Waals surface area contributed by atoms with Crippen molar-refractivity contribution in [2.45, 2.75) is 52.0 Å². The number of nitrogens with two attached hydrogens (primary N) is 1. The normalized spacial score (nSPS) is 28.1. The first-order valence-electron chi connectivity index (χ1n) is 6.83. The molecule has 2 rings (SSSR count). The van der Waals surface area contributed by atoms with Crippen LogP contribution in [0.25, 0.3) is 0 Å². The van der Waals surface area contributed by atoms with Crippen LogP contribution in [0, 0.1) is 19.8 Å². The Balaban J connectivity index is 2.30. The van der Waals surface area contributed by atoms with Crippen molar-refractivity contribution in [1.82, 2.24) is 0 Å². The number of carbonyl (C=O) groups excluding carboxylic acids is 1. The molecule has 2 nitrogen and oxygen atoms in total. The predicted octanol–water partition coefficient (Wildman–Crippen LogP) is 3.39. The average Bonchev–Trinajstić information content (AvgIpc) is 2.28. The maximum absolute atomic E-state index is 12.7. The number of Topliss-reactive ketones (excluding diaryl/α,β-unsaturated/α-hetero) is 1.